The van der Waals surface area contributed by atoms with Crippen molar-refractivity contribution in [2.45, 2.75) is 32.2 Å². The number of aromatic nitrogens is 3. The largest absolute Gasteiger partial charge is 0.450 e. The number of benzene rings is 1. The Bertz CT molecular complexity index is 1030. The van der Waals surface area contributed by atoms with Crippen LogP contribution in [0.3, 0.4) is 0 Å². The van der Waals surface area contributed by atoms with E-state index in [1.165, 1.54) is 28.2 Å². The number of likely N-dealkylation sites (tertiary alicyclic amines) is 1. The zero-order valence-electron chi connectivity index (χ0n) is 16.5. The van der Waals surface area contributed by atoms with Gasteiger partial charge in [0.15, 0.2) is 12.4 Å². The van der Waals surface area contributed by atoms with Gasteiger partial charge in [0.25, 0.3) is 11.7 Å². The normalized spacial score (nSPS) is 16.5. The quantitative estimate of drug-likeness (QED) is 0.579. The van der Waals surface area contributed by atoms with Crippen LogP contribution in [-0.4, -0.2) is 50.7 Å². The molecule has 0 bridgehead atoms. The minimum Gasteiger partial charge on any atom is -0.450 e. The maximum absolute atomic E-state index is 13.3. The van der Waals surface area contributed by atoms with E-state index in [1.807, 2.05) is 24.4 Å². The number of carbonyl (C=O) groups is 2. The number of amides is 1. The second kappa shape index (κ2) is 8.74. The summed E-state index contributed by atoms with van der Waals surface area (Å²) in [6, 6.07) is 9.59. The number of esters is 1. The first-order valence-corrected chi connectivity index (χ1v) is 10.6. The molecule has 0 aliphatic carbocycles. The Hall–Kier alpha value is -3.07. The molecule has 1 atom stereocenters. The van der Waals surface area contributed by atoms with E-state index in [-0.39, 0.29) is 30.2 Å². The smallest absolute Gasteiger partial charge is 0.378 e. The minimum atomic E-state index is -0.772. The molecule has 1 aliphatic heterocycles. The summed E-state index contributed by atoms with van der Waals surface area (Å²) in [5, 5.41) is 6.15. The number of carbonyl (C=O) groups excluding carboxylic acids is 2. The lowest BCUT2D eigenvalue weighted by molar-refractivity contribution is -0.137. The van der Waals surface area contributed by atoms with Gasteiger partial charge in [-0.3, -0.25) is 4.79 Å². The number of hydrogen-bond acceptors (Lipinski definition) is 6. The van der Waals surface area contributed by atoms with E-state index in [4.69, 9.17) is 4.74 Å². The molecular formula is C21H21FN4O3S. The summed E-state index contributed by atoms with van der Waals surface area (Å²) >= 11 is 1.44. The zero-order valence-corrected chi connectivity index (χ0v) is 17.3. The van der Waals surface area contributed by atoms with Crippen molar-refractivity contribution in [3.8, 4) is 16.4 Å². The molecule has 7 nitrogen and oxygen atoms in total. The van der Waals surface area contributed by atoms with Crippen molar-refractivity contribution < 1.29 is 18.7 Å². The molecule has 30 heavy (non-hydrogen) atoms. The van der Waals surface area contributed by atoms with Crippen LogP contribution in [0.15, 0.2) is 41.8 Å². The Labute approximate surface area is 177 Å². The molecule has 1 unspecified atom stereocenters. The summed E-state index contributed by atoms with van der Waals surface area (Å²) in [7, 11) is 0. The molecule has 9 heteroatoms. The number of hydrogen-bond donors (Lipinski definition) is 0. The van der Waals surface area contributed by atoms with Crippen molar-refractivity contribution in [2.75, 3.05) is 13.2 Å². The van der Waals surface area contributed by atoms with E-state index in [9.17, 15) is 14.0 Å². The van der Waals surface area contributed by atoms with Crippen molar-refractivity contribution in [1.82, 2.24) is 19.7 Å². The van der Waals surface area contributed by atoms with E-state index in [2.05, 4.69) is 10.1 Å². The number of halogens is 1. The predicted molar refractivity (Wildman–Crippen MR) is 110 cm³/mol. The second-order valence-corrected chi connectivity index (χ2v) is 8.08. The highest BCUT2D eigenvalue weighted by Crippen LogP contribution is 2.26. The fourth-order valence-corrected chi connectivity index (χ4v) is 4.17. The molecule has 1 amide bonds. The molecule has 0 radical (unpaired) electrons. The third-order valence-electron chi connectivity index (χ3n) is 5.05. The van der Waals surface area contributed by atoms with Gasteiger partial charge in [0.1, 0.15) is 5.82 Å². The van der Waals surface area contributed by atoms with Crippen LogP contribution in [0.5, 0.6) is 0 Å². The number of piperidine rings is 1. The van der Waals surface area contributed by atoms with Crippen molar-refractivity contribution in [3.63, 3.8) is 0 Å². The van der Waals surface area contributed by atoms with Gasteiger partial charge < -0.3 is 9.64 Å². The van der Waals surface area contributed by atoms with E-state index < -0.39 is 5.97 Å². The topological polar surface area (TPSA) is 77.3 Å². The van der Waals surface area contributed by atoms with E-state index in [1.54, 1.807) is 17.0 Å². The lowest BCUT2D eigenvalue weighted by atomic mass is 10.0. The summed E-state index contributed by atoms with van der Waals surface area (Å²) < 4.78 is 20.0. The molecule has 1 aliphatic rings. The molecule has 0 saturated carbocycles. The van der Waals surface area contributed by atoms with Crippen molar-refractivity contribution >= 4 is 23.2 Å². The average molecular weight is 428 g/mol. The Balaban J connectivity index is 1.53. The second-order valence-electron chi connectivity index (χ2n) is 7.13. The minimum absolute atomic E-state index is 0.145. The summed E-state index contributed by atoms with van der Waals surface area (Å²) in [6.07, 6.45) is 3.01. The zero-order chi connectivity index (χ0) is 21.1. The van der Waals surface area contributed by atoms with Gasteiger partial charge >= 0.3 is 5.97 Å². The maximum Gasteiger partial charge on any atom is 0.378 e. The van der Waals surface area contributed by atoms with Crippen molar-refractivity contribution in [2.24, 2.45) is 0 Å². The third-order valence-corrected chi connectivity index (χ3v) is 5.92. The summed E-state index contributed by atoms with van der Waals surface area (Å²) in [5.41, 5.74) is 0.560. The van der Waals surface area contributed by atoms with Gasteiger partial charge in [-0.15, -0.1) is 16.4 Å². The summed E-state index contributed by atoms with van der Waals surface area (Å²) in [6.45, 7) is 2.33. The molecule has 3 heterocycles. The summed E-state index contributed by atoms with van der Waals surface area (Å²) in [5.74, 6) is -1.07. The third kappa shape index (κ3) is 4.25. The summed E-state index contributed by atoms with van der Waals surface area (Å²) in [4.78, 5) is 31.8. The molecule has 4 rings (SSSR count). The molecule has 1 fully saturated rings. The molecule has 1 aromatic carbocycles. The molecule has 1 saturated heterocycles. The first kappa shape index (κ1) is 20.2. The maximum atomic E-state index is 13.3. The van der Waals surface area contributed by atoms with Crippen LogP contribution >= 0.6 is 11.3 Å². The van der Waals surface area contributed by atoms with E-state index >= 15 is 0 Å². The standard InChI is InChI=1S/C21H21FN4O3S/c1-14-5-2-3-11-25(14)18(27)13-29-21(28)19-23-20(17-6-4-12-30-17)26(24-19)16-9-7-15(22)8-10-16/h4,6-10,12,14H,2-3,5,11,13H2,1H3. The molecule has 2 aromatic heterocycles. The first-order chi connectivity index (χ1) is 14.5. The van der Waals surface area contributed by atoms with Crippen molar-refractivity contribution in [3.05, 3.63) is 53.4 Å². The molecule has 0 N–H and O–H groups in total. The van der Waals surface area contributed by atoms with Gasteiger partial charge in [-0.1, -0.05) is 6.07 Å². The Morgan fingerprint density at radius 1 is 1.23 bits per heavy atom. The van der Waals surface area contributed by atoms with Crippen LogP contribution in [0.1, 0.15) is 36.8 Å². The Morgan fingerprint density at radius 3 is 2.73 bits per heavy atom. The highest BCUT2D eigenvalue weighted by molar-refractivity contribution is 7.13. The Kier molecular flexibility index (Phi) is 5.89. The monoisotopic (exact) mass is 428 g/mol. The highest BCUT2D eigenvalue weighted by atomic mass is 32.1. The van der Waals surface area contributed by atoms with Gasteiger partial charge in [0.2, 0.25) is 0 Å². The number of ether oxygens (including phenoxy) is 1. The number of thiophene rings is 1. The lowest BCUT2D eigenvalue weighted by Gasteiger charge is -2.33. The predicted octanol–water partition coefficient (Wildman–Crippen LogP) is 3.69. The van der Waals surface area contributed by atoms with Crippen LogP contribution in [0.25, 0.3) is 16.4 Å². The number of rotatable bonds is 5. The van der Waals surface area contributed by atoms with Gasteiger partial charge in [-0.2, -0.15) is 4.98 Å². The van der Waals surface area contributed by atoms with Gasteiger partial charge in [0, 0.05) is 12.6 Å². The van der Waals surface area contributed by atoms with Crippen LogP contribution in [0.4, 0.5) is 4.39 Å². The van der Waals surface area contributed by atoms with E-state index in [0.29, 0.717) is 18.1 Å². The lowest BCUT2D eigenvalue weighted by Crippen LogP contribution is -2.44. The van der Waals surface area contributed by atoms with Crippen molar-refractivity contribution in [1.29, 1.82) is 0 Å². The number of nitrogens with zero attached hydrogens (tertiary/aromatic N) is 4. The van der Waals surface area contributed by atoms with Gasteiger partial charge in [0.05, 0.1) is 10.6 Å². The van der Waals surface area contributed by atoms with Gasteiger partial charge in [-0.05, 0) is 61.9 Å². The van der Waals surface area contributed by atoms with Gasteiger partial charge in [-0.25, -0.2) is 13.9 Å². The van der Waals surface area contributed by atoms with Crippen LogP contribution in [0, 0.1) is 5.82 Å². The SMILES string of the molecule is CC1CCCCN1C(=O)COC(=O)c1nc(-c2cccs2)n(-c2ccc(F)cc2)n1. The van der Waals surface area contributed by atoms with Crippen LogP contribution in [0.2, 0.25) is 0 Å². The fourth-order valence-electron chi connectivity index (χ4n) is 3.47. The highest BCUT2D eigenvalue weighted by Gasteiger charge is 2.26. The molecule has 156 valence electrons. The average Bonchev–Trinajstić information content (AvgIpc) is 3.42. The Morgan fingerprint density at radius 2 is 2.03 bits per heavy atom. The molecule has 3 aromatic rings. The first-order valence-electron chi connectivity index (χ1n) is 9.76. The molecule has 0 spiro atoms. The fraction of sp³-hybridized carbons (Fsp3) is 0.333. The van der Waals surface area contributed by atoms with Crippen LogP contribution in [-0.2, 0) is 9.53 Å². The molecular weight excluding hydrogens is 407 g/mol. The van der Waals surface area contributed by atoms with Crippen LogP contribution < -0.4 is 0 Å². The van der Waals surface area contributed by atoms with E-state index in [0.717, 1.165) is 24.1 Å².